The monoisotopic (exact) mass is 514 g/mol. The van der Waals surface area contributed by atoms with Gasteiger partial charge in [-0.05, 0) is 104 Å². The number of aliphatic carboxylic acids is 1. The number of carboxylic acid groups (broad SMARTS) is 1. The fourth-order valence-corrected chi connectivity index (χ4v) is 9.58. The highest BCUT2D eigenvalue weighted by atomic mass is 16.5. The van der Waals surface area contributed by atoms with Gasteiger partial charge in [0.25, 0.3) is 0 Å². The smallest absolute Gasteiger partial charge is 0.306 e. The van der Waals surface area contributed by atoms with Gasteiger partial charge < -0.3 is 9.84 Å². The van der Waals surface area contributed by atoms with Crippen LogP contribution in [-0.4, -0.2) is 23.1 Å². The SMILES string of the molecule is CCC(CCCC1CCC2C3CC=C4CC(OC(=O)CCCC(=O)O)CCC4(C)C3CCC12C)C(C)C. The first kappa shape index (κ1) is 28.7. The summed E-state index contributed by atoms with van der Waals surface area (Å²) in [5.74, 6) is 4.02. The number of carbonyl (C=O) groups is 2. The Morgan fingerprint density at radius 1 is 1.05 bits per heavy atom. The van der Waals surface area contributed by atoms with Crippen molar-refractivity contribution in [3.63, 3.8) is 0 Å². The molecule has 37 heavy (non-hydrogen) atoms. The zero-order valence-corrected chi connectivity index (χ0v) is 24.4. The second-order valence-electron chi connectivity index (χ2n) is 14.0. The lowest BCUT2D eigenvalue weighted by atomic mass is 9.47. The van der Waals surface area contributed by atoms with Gasteiger partial charge in [-0.15, -0.1) is 0 Å². The molecule has 0 aromatic heterocycles. The molecular formula is C33H54O4. The molecule has 210 valence electrons. The van der Waals surface area contributed by atoms with Gasteiger partial charge in [0.05, 0.1) is 0 Å². The Hall–Kier alpha value is -1.32. The first-order valence-corrected chi connectivity index (χ1v) is 15.7. The molecular weight excluding hydrogens is 460 g/mol. The molecule has 1 N–H and O–H groups in total. The van der Waals surface area contributed by atoms with Crippen molar-refractivity contribution in [1.29, 1.82) is 0 Å². The van der Waals surface area contributed by atoms with Crippen molar-refractivity contribution in [3.05, 3.63) is 11.6 Å². The molecule has 0 amide bonds. The van der Waals surface area contributed by atoms with Crippen molar-refractivity contribution in [2.45, 2.75) is 137 Å². The summed E-state index contributed by atoms with van der Waals surface area (Å²) in [4.78, 5) is 23.0. The van der Waals surface area contributed by atoms with Gasteiger partial charge >= 0.3 is 11.9 Å². The normalized spacial score (nSPS) is 37.8. The van der Waals surface area contributed by atoms with Crippen LogP contribution in [0.25, 0.3) is 0 Å². The van der Waals surface area contributed by atoms with E-state index in [9.17, 15) is 9.59 Å². The highest BCUT2D eigenvalue weighted by molar-refractivity contribution is 5.71. The van der Waals surface area contributed by atoms with E-state index in [-0.39, 0.29) is 30.3 Å². The number of rotatable bonds is 11. The molecule has 4 rings (SSSR count). The van der Waals surface area contributed by atoms with Gasteiger partial charge in [0.2, 0.25) is 0 Å². The molecule has 0 aliphatic heterocycles. The van der Waals surface area contributed by atoms with Crippen molar-refractivity contribution in [2.24, 2.45) is 46.3 Å². The lowest BCUT2D eigenvalue weighted by molar-refractivity contribution is -0.151. The van der Waals surface area contributed by atoms with Crippen molar-refractivity contribution >= 4 is 11.9 Å². The fourth-order valence-electron chi connectivity index (χ4n) is 9.58. The number of hydrogen-bond acceptors (Lipinski definition) is 3. The second kappa shape index (κ2) is 11.8. The minimum atomic E-state index is -0.850. The third kappa shape index (κ3) is 5.98. The third-order valence-electron chi connectivity index (χ3n) is 11.9. The number of fused-ring (bicyclic) bond motifs is 5. The lowest BCUT2D eigenvalue weighted by Crippen LogP contribution is -2.50. The van der Waals surface area contributed by atoms with Crippen molar-refractivity contribution in [1.82, 2.24) is 0 Å². The highest BCUT2D eigenvalue weighted by Gasteiger charge is 2.58. The topological polar surface area (TPSA) is 63.6 Å². The molecule has 3 fully saturated rings. The molecule has 0 bridgehead atoms. The molecule has 8 unspecified atom stereocenters. The van der Waals surface area contributed by atoms with Crippen LogP contribution in [0.3, 0.4) is 0 Å². The van der Waals surface area contributed by atoms with Crippen molar-refractivity contribution in [2.75, 3.05) is 0 Å². The Labute approximate surface area is 226 Å². The predicted octanol–water partition coefficient (Wildman–Crippen LogP) is 8.58. The fraction of sp³-hybridized carbons (Fsp3) is 0.879. The molecule has 0 spiro atoms. The maximum Gasteiger partial charge on any atom is 0.306 e. The Morgan fingerprint density at radius 3 is 2.54 bits per heavy atom. The molecule has 0 heterocycles. The minimum absolute atomic E-state index is 0.0318. The van der Waals surface area contributed by atoms with Gasteiger partial charge in [0, 0.05) is 19.3 Å². The molecule has 4 nitrogen and oxygen atoms in total. The van der Waals surface area contributed by atoms with Gasteiger partial charge in [-0.2, -0.15) is 0 Å². The summed E-state index contributed by atoms with van der Waals surface area (Å²) in [5.41, 5.74) is 2.34. The zero-order valence-electron chi connectivity index (χ0n) is 24.4. The van der Waals surface area contributed by atoms with Crippen LogP contribution in [0.2, 0.25) is 0 Å². The van der Waals surface area contributed by atoms with Crippen LogP contribution in [0.5, 0.6) is 0 Å². The second-order valence-corrected chi connectivity index (χ2v) is 14.0. The Morgan fingerprint density at radius 2 is 1.84 bits per heavy atom. The number of ether oxygens (including phenoxy) is 1. The van der Waals surface area contributed by atoms with Gasteiger partial charge in [0.15, 0.2) is 0 Å². The summed E-state index contributed by atoms with van der Waals surface area (Å²) in [6, 6.07) is 0. The third-order valence-corrected chi connectivity index (χ3v) is 11.9. The molecule has 4 heteroatoms. The molecule has 4 aliphatic rings. The summed E-state index contributed by atoms with van der Waals surface area (Å²) in [5, 5.41) is 8.81. The van der Waals surface area contributed by atoms with E-state index in [1.54, 1.807) is 5.57 Å². The average Bonchev–Trinajstić information content (AvgIpc) is 3.18. The molecule has 3 saturated carbocycles. The van der Waals surface area contributed by atoms with Crippen molar-refractivity contribution < 1.29 is 19.4 Å². The van der Waals surface area contributed by atoms with E-state index in [0.717, 1.165) is 54.8 Å². The number of carboxylic acids is 1. The van der Waals surface area contributed by atoms with Crippen molar-refractivity contribution in [3.8, 4) is 0 Å². The minimum Gasteiger partial charge on any atom is -0.481 e. The Bertz CT molecular complexity index is 845. The molecule has 0 aromatic carbocycles. The summed E-state index contributed by atoms with van der Waals surface area (Å²) in [7, 11) is 0. The number of esters is 1. The van der Waals surface area contributed by atoms with Gasteiger partial charge in [-0.3, -0.25) is 9.59 Å². The van der Waals surface area contributed by atoms with Crippen LogP contribution in [0, 0.1) is 46.3 Å². The number of hydrogen-bond donors (Lipinski definition) is 1. The summed E-state index contributed by atoms with van der Waals surface area (Å²) in [6.45, 7) is 12.3. The van der Waals surface area contributed by atoms with Crippen LogP contribution < -0.4 is 0 Å². The summed E-state index contributed by atoms with van der Waals surface area (Å²) >= 11 is 0. The first-order chi connectivity index (χ1) is 17.6. The average molecular weight is 515 g/mol. The van der Waals surface area contributed by atoms with E-state index in [1.807, 2.05) is 0 Å². The largest absolute Gasteiger partial charge is 0.481 e. The van der Waals surface area contributed by atoms with E-state index in [4.69, 9.17) is 9.84 Å². The lowest BCUT2D eigenvalue weighted by Gasteiger charge is -2.58. The van der Waals surface area contributed by atoms with Crippen LogP contribution in [-0.2, 0) is 14.3 Å². The van der Waals surface area contributed by atoms with Crippen LogP contribution in [0.1, 0.15) is 131 Å². The van der Waals surface area contributed by atoms with Crippen LogP contribution in [0.4, 0.5) is 0 Å². The number of allylic oxidation sites excluding steroid dienone is 1. The Balaban J connectivity index is 1.35. The molecule has 4 aliphatic carbocycles. The maximum absolute atomic E-state index is 12.3. The van der Waals surface area contributed by atoms with Gasteiger partial charge in [-0.25, -0.2) is 0 Å². The maximum atomic E-state index is 12.3. The van der Waals surface area contributed by atoms with E-state index in [2.05, 4.69) is 40.7 Å². The molecule has 0 aromatic rings. The van der Waals surface area contributed by atoms with Crippen LogP contribution >= 0.6 is 0 Å². The highest BCUT2D eigenvalue weighted by Crippen LogP contribution is 2.66. The Kier molecular flexibility index (Phi) is 9.17. The van der Waals surface area contributed by atoms with Gasteiger partial charge in [-0.1, -0.05) is 65.5 Å². The molecule has 0 radical (unpaired) electrons. The predicted molar refractivity (Wildman–Crippen MR) is 149 cm³/mol. The first-order valence-electron chi connectivity index (χ1n) is 15.7. The zero-order chi connectivity index (χ0) is 26.8. The molecule has 0 saturated heterocycles. The number of carbonyl (C=O) groups excluding carboxylic acids is 1. The van der Waals surface area contributed by atoms with E-state index in [1.165, 1.54) is 57.8 Å². The molecule has 8 atom stereocenters. The van der Waals surface area contributed by atoms with Gasteiger partial charge in [0.1, 0.15) is 6.10 Å². The standard InChI is InChI=1S/C33H54O4/c1-6-23(22(2)3)9-7-10-24-14-16-28-27-15-13-25-21-26(37-31(36)12-8-11-30(34)35)17-19-33(25,5)29(27)18-20-32(24,28)4/h13,22-24,26-29H,6-12,14-21H2,1-5H3,(H,34,35). The van der Waals surface area contributed by atoms with E-state index >= 15 is 0 Å². The van der Waals surface area contributed by atoms with E-state index < -0.39 is 5.97 Å². The summed E-state index contributed by atoms with van der Waals surface area (Å²) < 4.78 is 5.81. The quantitative estimate of drug-likeness (QED) is 0.221. The van der Waals surface area contributed by atoms with E-state index in [0.29, 0.717) is 11.8 Å². The summed E-state index contributed by atoms with van der Waals surface area (Å²) in [6.07, 6.45) is 18.5. The van der Waals surface area contributed by atoms with Crippen LogP contribution in [0.15, 0.2) is 11.6 Å².